The molecule has 0 amide bonds. The van der Waals surface area contributed by atoms with Gasteiger partial charge in [0.05, 0.1) is 5.69 Å². The van der Waals surface area contributed by atoms with E-state index < -0.39 is 0 Å². The maximum Gasteiger partial charge on any atom is 0.131 e. The van der Waals surface area contributed by atoms with E-state index in [1.165, 1.54) is 0 Å². The van der Waals surface area contributed by atoms with Crippen molar-refractivity contribution < 1.29 is 0 Å². The summed E-state index contributed by atoms with van der Waals surface area (Å²) in [6.45, 7) is 3.73. The molecule has 2 aromatic carbocycles. The van der Waals surface area contributed by atoms with Gasteiger partial charge in [-0.15, -0.1) is 0 Å². The van der Waals surface area contributed by atoms with Crippen molar-refractivity contribution >= 4 is 17.1 Å². The number of rotatable bonds is 4. The zero-order valence-corrected chi connectivity index (χ0v) is 10.7. The van der Waals surface area contributed by atoms with E-state index in [1.54, 1.807) is 6.08 Å². The standard InChI is InChI=1S/C17H16N2/c1-2-9-16(14-10-5-3-6-11-14)17(18)19-15-12-7-4-8-13-15/h2-13H,1H2,(H2,18,19)/b16-9+. The highest BCUT2D eigenvalue weighted by atomic mass is 14.9. The lowest BCUT2D eigenvalue weighted by Crippen LogP contribution is -2.13. The Morgan fingerprint density at radius 3 is 2.11 bits per heavy atom. The molecule has 94 valence electrons. The highest BCUT2D eigenvalue weighted by molar-refractivity contribution is 6.22. The molecule has 0 saturated heterocycles. The second kappa shape index (κ2) is 6.36. The van der Waals surface area contributed by atoms with Gasteiger partial charge in [-0.1, -0.05) is 67.3 Å². The minimum Gasteiger partial charge on any atom is -0.383 e. The van der Waals surface area contributed by atoms with Crippen LogP contribution in [0.5, 0.6) is 0 Å². The molecule has 0 aromatic heterocycles. The lowest BCUT2D eigenvalue weighted by atomic mass is 10.0. The molecule has 0 aliphatic heterocycles. The summed E-state index contributed by atoms with van der Waals surface area (Å²) >= 11 is 0. The van der Waals surface area contributed by atoms with E-state index in [-0.39, 0.29) is 0 Å². The van der Waals surface area contributed by atoms with Crippen LogP contribution < -0.4 is 5.73 Å². The molecule has 0 atom stereocenters. The number of allylic oxidation sites excluding steroid dienone is 2. The molecule has 0 heterocycles. The van der Waals surface area contributed by atoms with E-state index in [2.05, 4.69) is 11.6 Å². The number of nitrogens with two attached hydrogens (primary N) is 1. The smallest absolute Gasteiger partial charge is 0.131 e. The first-order valence-electron chi connectivity index (χ1n) is 6.09. The Labute approximate surface area is 113 Å². The molecular weight excluding hydrogens is 232 g/mol. The summed E-state index contributed by atoms with van der Waals surface area (Å²) in [6.07, 6.45) is 3.59. The fourth-order valence-corrected chi connectivity index (χ4v) is 1.77. The summed E-state index contributed by atoms with van der Waals surface area (Å²) in [5.41, 5.74) is 8.84. The first-order valence-corrected chi connectivity index (χ1v) is 6.09. The third-order valence-corrected chi connectivity index (χ3v) is 2.65. The van der Waals surface area contributed by atoms with Gasteiger partial charge in [0.1, 0.15) is 5.84 Å². The van der Waals surface area contributed by atoms with E-state index in [0.29, 0.717) is 5.84 Å². The van der Waals surface area contributed by atoms with Gasteiger partial charge in [0, 0.05) is 5.57 Å². The molecule has 0 radical (unpaired) electrons. The van der Waals surface area contributed by atoms with Crippen molar-refractivity contribution in [2.45, 2.75) is 0 Å². The summed E-state index contributed by atoms with van der Waals surface area (Å²) in [5, 5.41) is 0. The number of nitrogens with zero attached hydrogens (tertiary/aromatic N) is 1. The monoisotopic (exact) mass is 248 g/mol. The SMILES string of the molecule is C=C/C=C(/C(N)=Nc1ccccc1)c1ccccc1. The Bertz CT molecular complexity index is 596. The summed E-state index contributed by atoms with van der Waals surface area (Å²) in [7, 11) is 0. The Balaban J connectivity index is 2.39. The van der Waals surface area contributed by atoms with Crippen molar-refractivity contribution in [2.24, 2.45) is 10.7 Å². The van der Waals surface area contributed by atoms with Gasteiger partial charge < -0.3 is 5.73 Å². The fourth-order valence-electron chi connectivity index (χ4n) is 1.77. The van der Waals surface area contributed by atoms with Gasteiger partial charge in [0.15, 0.2) is 0 Å². The van der Waals surface area contributed by atoms with Crippen LogP contribution in [0.4, 0.5) is 5.69 Å². The Morgan fingerprint density at radius 1 is 0.947 bits per heavy atom. The van der Waals surface area contributed by atoms with Crippen molar-refractivity contribution in [3.8, 4) is 0 Å². The predicted molar refractivity (Wildman–Crippen MR) is 82.3 cm³/mol. The zero-order chi connectivity index (χ0) is 13.5. The van der Waals surface area contributed by atoms with E-state index in [9.17, 15) is 0 Å². The van der Waals surface area contributed by atoms with Gasteiger partial charge in [0.2, 0.25) is 0 Å². The second-order valence-electron chi connectivity index (χ2n) is 4.01. The van der Waals surface area contributed by atoms with Gasteiger partial charge in [-0.2, -0.15) is 0 Å². The first-order chi connectivity index (χ1) is 9.31. The normalized spacial score (nSPS) is 12.2. The van der Waals surface area contributed by atoms with Crippen LogP contribution in [0.25, 0.3) is 5.57 Å². The third-order valence-electron chi connectivity index (χ3n) is 2.65. The summed E-state index contributed by atoms with van der Waals surface area (Å²) in [4.78, 5) is 4.43. The molecule has 2 N–H and O–H groups in total. The third kappa shape index (κ3) is 3.42. The number of hydrogen-bond donors (Lipinski definition) is 1. The van der Waals surface area contributed by atoms with E-state index in [1.807, 2.05) is 66.7 Å². The Kier molecular flexibility index (Phi) is 4.29. The van der Waals surface area contributed by atoms with Gasteiger partial charge in [0.25, 0.3) is 0 Å². The van der Waals surface area contributed by atoms with Crippen molar-refractivity contribution in [1.29, 1.82) is 0 Å². The van der Waals surface area contributed by atoms with Crippen molar-refractivity contribution in [1.82, 2.24) is 0 Å². The molecule has 19 heavy (non-hydrogen) atoms. The van der Waals surface area contributed by atoms with Crippen molar-refractivity contribution in [2.75, 3.05) is 0 Å². The number of para-hydroxylation sites is 1. The van der Waals surface area contributed by atoms with Crippen LogP contribution in [-0.2, 0) is 0 Å². The fraction of sp³-hybridized carbons (Fsp3) is 0. The van der Waals surface area contributed by atoms with Crippen LogP contribution in [0.15, 0.2) is 84.4 Å². The Morgan fingerprint density at radius 2 is 1.53 bits per heavy atom. The quantitative estimate of drug-likeness (QED) is 0.496. The van der Waals surface area contributed by atoms with Crippen LogP contribution in [-0.4, -0.2) is 5.84 Å². The highest BCUT2D eigenvalue weighted by Crippen LogP contribution is 2.18. The van der Waals surface area contributed by atoms with Crippen molar-refractivity contribution in [3.05, 3.63) is 85.0 Å². The van der Waals surface area contributed by atoms with Crippen LogP contribution >= 0.6 is 0 Å². The van der Waals surface area contributed by atoms with E-state index in [0.717, 1.165) is 16.8 Å². The number of benzene rings is 2. The predicted octanol–water partition coefficient (Wildman–Crippen LogP) is 3.94. The molecule has 0 bridgehead atoms. The number of amidine groups is 1. The molecule has 2 nitrogen and oxygen atoms in total. The van der Waals surface area contributed by atoms with Gasteiger partial charge in [-0.3, -0.25) is 0 Å². The lowest BCUT2D eigenvalue weighted by Gasteiger charge is -2.07. The van der Waals surface area contributed by atoms with E-state index in [4.69, 9.17) is 5.73 Å². The number of aliphatic imine (C=N–C) groups is 1. The highest BCUT2D eigenvalue weighted by Gasteiger charge is 2.05. The molecule has 2 aromatic rings. The lowest BCUT2D eigenvalue weighted by molar-refractivity contribution is 1.48. The second-order valence-corrected chi connectivity index (χ2v) is 4.01. The van der Waals surface area contributed by atoms with Crippen LogP contribution in [0.2, 0.25) is 0 Å². The maximum atomic E-state index is 6.10. The van der Waals surface area contributed by atoms with Crippen LogP contribution in [0, 0.1) is 0 Å². The molecular formula is C17H16N2. The molecule has 0 fully saturated rings. The van der Waals surface area contributed by atoms with Gasteiger partial charge in [-0.05, 0) is 17.7 Å². The van der Waals surface area contributed by atoms with E-state index >= 15 is 0 Å². The maximum absolute atomic E-state index is 6.10. The minimum absolute atomic E-state index is 0.484. The zero-order valence-electron chi connectivity index (χ0n) is 10.7. The van der Waals surface area contributed by atoms with Gasteiger partial charge in [-0.25, -0.2) is 4.99 Å². The summed E-state index contributed by atoms with van der Waals surface area (Å²) in [6, 6.07) is 19.6. The van der Waals surface area contributed by atoms with Gasteiger partial charge >= 0.3 is 0 Å². The first kappa shape index (κ1) is 12.8. The molecule has 0 aliphatic carbocycles. The van der Waals surface area contributed by atoms with Crippen LogP contribution in [0.1, 0.15) is 5.56 Å². The topological polar surface area (TPSA) is 38.4 Å². The van der Waals surface area contributed by atoms with Crippen LogP contribution in [0.3, 0.4) is 0 Å². The average molecular weight is 248 g/mol. The van der Waals surface area contributed by atoms with Crippen molar-refractivity contribution in [3.63, 3.8) is 0 Å². The Hall–Kier alpha value is -2.61. The molecule has 0 spiro atoms. The molecule has 2 rings (SSSR count). The average Bonchev–Trinajstić information content (AvgIpc) is 2.46. The minimum atomic E-state index is 0.484. The summed E-state index contributed by atoms with van der Waals surface area (Å²) < 4.78 is 0. The number of hydrogen-bond acceptors (Lipinski definition) is 1. The molecule has 0 saturated carbocycles. The molecule has 0 aliphatic rings. The molecule has 2 heteroatoms. The summed E-state index contributed by atoms with van der Waals surface area (Å²) in [5.74, 6) is 0.484. The molecule has 0 unspecified atom stereocenters. The largest absolute Gasteiger partial charge is 0.383 e.